The van der Waals surface area contributed by atoms with E-state index < -0.39 is 0 Å². The Balaban J connectivity index is 2.20. The molecule has 11 heavy (non-hydrogen) atoms. The van der Waals surface area contributed by atoms with Crippen molar-refractivity contribution in [1.29, 1.82) is 0 Å². The molecule has 3 rings (SSSR count). The zero-order valence-electron chi connectivity index (χ0n) is 7.67. The van der Waals surface area contributed by atoms with Crippen LogP contribution in [0.5, 0.6) is 0 Å². The van der Waals surface area contributed by atoms with Crippen molar-refractivity contribution in [3.05, 3.63) is 0 Å². The molecule has 0 aromatic carbocycles. The molecular formula is C10H18O. The van der Waals surface area contributed by atoms with Gasteiger partial charge in [0, 0.05) is 0 Å². The third-order valence-electron chi connectivity index (χ3n) is 4.18. The third-order valence-corrected chi connectivity index (χ3v) is 4.18. The topological polar surface area (TPSA) is 20.2 Å². The van der Waals surface area contributed by atoms with Crippen molar-refractivity contribution >= 4 is 0 Å². The average molecular weight is 154 g/mol. The van der Waals surface area contributed by atoms with Gasteiger partial charge in [0.25, 0.3) is 0 Å². The number of hydrogen-bond acceptors (Lipinski definition) is 1. The largest absolute Gasteiger partial charge is 0.393 e. The highest BCUT2D eigenvalue weighted by Crippen LogP contribution is 2.61. The van der Waals surface area contributed by atoms with Crippen LogP contribution in [0.15, 0.2) is 0 Å². The van der Waals surface area contributed by atoms with E-state index >= 15 is 0 Å². The molecule has 2 bridgehead atoms. The van der Waals surface area contributed by atoms with Gasteiger partial charge in [-0.25, -0.2) is 0 Å². The molecule has 0 aromatic heterocycles. The van der Waals surface area contributed by atoms with E-state index in [9.17, 15) is 5.11 Å². The van der Waals surface area contributed by atoms with Gasteiger partial charge in [-0.1, -0.05) is 20.8 Å². The van der Waals surface area contributed by atoms with Crippen LogP contribution in [0.1, 0.15) is 33.6 Å². The maximum Gasteiger partial charge on any atom is 0.0576 e. The molecule has 0 unspecified atom stereocenters. The highest BCUT2D eigenvalue weighted by atomic mass is 16.3. The lowest BCUT2D eigenvalue weighted by atomic mass is 9.45. The van der Waals surface area contributed by atoms with E-state index in [1.807, 2.05) is 0 Å². The molecule has 4 atom stereocenters. The van der Waals surface area contributed by atoms with Crippen LogP contribution in [0.25, 0.3) is 0 Å². The number of fused-ring (bicyclic) bond motifs is 2. The van der Waals surface area contributed by atoms with Gasteiger partial charge < -0.3 is 5.11 Å². The van der Waals surface area contributed by atoms with Gasteiger partial charge in [-0.3, -0.25) is 0 Å². The molecule has 3 aliphatic rings. The minimum absolute atomic E-state index is 0.00926. The summed E-state index contributed by atoms with van der Waals surface area (Å²) in [7, 11) is 0. The molecule has 1 N–H and O–H groups in total. The summed E-state index contributed by atoms with van der Waals surface area (Å²) in [5.74, 6) is 2.23. The molecule has 3 saturated carbocycles. The lowest BCUT2D eigenvalue weighted by Gasteiger charge is -2.61. The quantitative estimate of drug-likeness (QED) is 0.566. The molecule has 1 heteroatoms. The summed E-state index contributed by atoms with van der Waals surface area (Å²) in [6.45, 7) is 6.90. The van der Waals surface area contributed by atoms with Crippen LogP contribution in [0.3, 0.4) is 0 Å². The lowest BCUT2D eigenvalue weighted by molar-refractivity contribution is -0.167. The first kappa shape index (κ1) is 7.60. The minimum atomic E-state index is -0.00926. The first-order valence-corrected chi connectivity index (χ1v) is 4.71. The van der Waals surface area contributed by atoms with Gasteiger partial charge in [-0.15, -0.1) is 0 Å². The Hall–Kier alpha value is -0.0400. The second-order valence-electron chi connectivity index (χ2n) is 5.05. The molecule has 0 aromatic rings. The van der Waals surface area contributed by atoms with Crippen molar-refractivity contribution in [2.45, 2.75) is 39.7 Å². The zero-order valence-corrected chi connectivity index (χ0v) is 7.67. The van der Waals surface area contributed by atoms with Crippen LogP contribution in [0.2, 0.25) is 0 Å². The van der Waals surface area contributed by atoms with Crippen LogP contribution < -0.4 is 0 Å². The van der Waals surface area contributed by atoms with Gasteiger partial charge in [0.2, 0.25) is 0 Å². The van der Waals surface area contributed by atoms with Gasteiger partial charge in [-0.2, -0.15) is 0 Å². The van der Waals surface area contributed by atoms with Crippen molar-refractivity contribution in [3.63, 3.8) is 0 Å². The third kappa shape index (κ3) is 0.807. The van der Waals surface area contributed by atoms with Crippen LogP contribution >= 0.6 is 0 Å². The van der Waals surface area contributed by atoms with Gasteiger partial charge in [0.05, 0.1) is 6.10 Å². The number of aliphatic hydroxyl groups excluding tert-OH is 1. The van der Waals surface area contributed by atoms with E-state index in [1.54, 1.807) is 0 Å². The molecular weight excluding hydrogens is 136 g/mol. The van der Waals surface area contributed by atoms with E-state index in [-0.39, 0.29) is 6.10 Å². The summed E-state index contributed by atoms with van der Waals surface area (Å²) >= 11 is 0. The Morgan fingerprint density at radius 3 is 2.18 bits per heavy atom. The smallest absolute Gasteiger partial charge is 0.0576 e. The monoisotopic (exact) mass is 154 g/mol. The fourth-order valence-corrected chi connectivity index (χ4v) is 3.32. The molecule has 1 nitrogen and oxygen atoms in total. The van der Waals surface area contributed by atoms with Gasteiger partial charge in [0.1, 0.15) is 0 Å². The highest BCUT2D eigenvalue weighted by molar-refractivity contribution is 5.05. The van der Waals surface area contributed by atoms with E-state index in [1.165, 1.54) is 6.42 Å². The predicted octanol–water partition coefficient (Wildman–Crippen LogP) is 2.05. The summed E-state index contributed by atoms with van der Waals surface area (Å²) in [6.07, 6.45) is 2.30. The Bertz CT molecular complexity index is 158. The van der Waals surface area contributed by atoms with Gasteiger partial charge >= 0.3 is 0 Å². The molecule has 3 fully saturated rings. The second kappa shape index (κ2) is 2.01. The first-order chi connectivity index (χ1) is 5.03. The number of rotatable bonds is 0. The highest BCUT2D eigenvalue weighted by Gasteiger charge is 2.56. The molecule has 0 radical (unpaired) electrons. The first-order valence-electron chi connectivity index (χ1n) is 4.71. The summed E-state index contributed by atoms with van der Waals surface area (Å²) in [5.41, 5.74) is 0.428. The Morgan fingerprint density at radius 2 is 1.82 bits per heavy atom. The SMILES string of the molecule is C[C@H]1C[C@H](O)[C@@H]2C[C@H]1C2(C)C. The van der Waals surface area contributed by atoms with Crippen molar-refractivity contribution in [2.75, 3.05) is 0 Å². The summed E-state index contributed by atoms with van der Waals surface area (Å²) in [5, 5.41) is 9.72. The minimum Gasteiger partial charge on any atom is -0.393 e. The molecule has 0 saturated heterocycles. The maximum atomic E-state index is 9.72. The predicted molar refractivity (Wildman–Crippen MR) is 45.2 cm³/mol. The van der Waals surface area contributed by atoms with E-state index in [0.29, 0.717) is 11.3 Å². The molecule has 0 amide bonds. The molecule has 3 aliphatic carbocycles. The van der Waals surface area contributed by atoms with Crippen molar-refractivity contribution in [2.24, 2.45) is 23.2 Å². The Kier molecular flexibility index (Phi) is 1.39. The second-order valence-corrected chi connectivity index (χ2v) is 5.05. The van der Waals surface area contributed by atoms with Crippen molar-refractivity contribution in [1.82, 2.24) is 0 Å². The summed E-state index contributed by atoms with van der Waals surface area (Å²) in [4.78, 5) is 0. The van der Waals surface area contributed by atoms with Crippen LogP contribution in [0.4, 0.5) is 0 Å². The Morgan fingerprint density at radius 1 is 1.18 bits per heavy atom. The normalized spacial score (nSPS) is 53.5. The van der Waals surface area contributed by atoms with E-state index in [4.69, 9.17) is 0 Å². The number of aliphatic hydroxyl groups is 1. The van der Waals surface area contributed by atoms with E-state index in [2.05, 4.69) is 20.8 Å². The standard InChI is InChI=1S/C10H18O/c1-6-4-9(11)8-5-7(6)10(8,2)3/h6-9,11H,4-5H2,1-3H3/t6-,7+,8-,9-/m0/s1. The van der Waals surface area contributed by atoms with Crippen LogP contribution in [0, 0.1) is 23.2 Å². The van der Waals surface area contributed by atoms with Crippen LogP contribution in [-0.2, 0) is 0 Å². The summed E-state index contributed by atoms with van der Waals surface area (Å²) < 4.78 is 0. The van der Waals surface area contributed by atoms with Gasteiger partial charge in [-0.05, 0) is 36.0 Å². The molecule has 0 aliphatic heterocycles. The molecule has 64 valence electrons. The van der Waals surface area contributed by atoms with E-state index in [0.717, 1.165) is 18.3 Å². The molecule has 0 spiro atoms. The lowest BCUT2D eigenvalue weighted by Crippen LogP contribution is -2.57. The fraction of sp³-hybridized carbons (Fsp3) is 1.00. The fourth-order valence-electron chi connectivity index (χ4n) is 3.32. The van der Waals surface area contributed by atoms with Crippen LogP contribution in [-0.4, -0.2) is 11.2 Å². The Labute approximate surface area is 68.8 Å². The van der Waals surface area contributed by atoms with Gasteiger partial charge in [0.15, 0.2) is 0 Å². The summed E-state index contributed by atoms with van der Waals surface area (Å²) in [6, 6.07) is 0. The van der Waals surface area contributed by atoms with Crippen molar-refractivity contribution < 1.29 is 5.11 Å². The average Bonchev–Trinajstić information content (AvgIpc) is 1.84. The zero-order chi connectivity index (χ0) is 8.22. The van der Waals surface area contributed by atoms with Crippen molar-refractivity contribution in [3.8, 4) is 0 Å². The number of hydrogen-bond donors (Lipinski definition) is 1. The maximum absolute atomic E-state index is 9.72. The molecule has 0 heterocycles.